The fourth-order valence-corrected chi connectivity index (χ4v) is 3.97. The van der Waals surface area contributed by atoms with Gasteiger partial charge >= 0.3 is 0 Å². The van der Waals surface area contributed by atoms with Crippen LogP contribution in [-0.4, -0.2) is 41.1 Å². The van der Waals surface area contributed by atoms with E-state index in [4.69, 9.17) is 0 Å². The zero-order chi connectivity index (χ0) is 21.5. The van der Waals surface area contributed by atoms with E-state index in [9.17, 15) is 4.79 Å². The van der Waals surface area contributed by atoms with Gasteiger partial charge in [-0.2, -0.15) is 5.10 Å². The van der Waals surface area contributed by atoms with E-state index in [1.807, 2.05) is 25.2 Å². The van der Waals surface area contributed by atoms with Crippen LogP contribution in [0.1, 0.15) is 27.0 Å². The lowest BCUT2D eigenvalue weighted by atomic mass is 9.77. The molecule has 4 aromatic rings. The quantitative estimate of drug-likeness (QED) is 0.431. The molecule has 1 heterocycles. The first-order valence-electron chi connectivity index (χ1n) is 10.4. The summed E-state index contributed by atoms with van der Waals surface area (Å²) in [6, 6.07) is 31.3. The molecular formula is C26H26N4O. The third-order valence-electron chi connectivity index (χ3n) is 5.55. The first-order chi connectivity index (χ1) is 15.2. The highest BCUT2D eigenvalue weighted by molar-refractivity contribution is 5.93. The Kier molecular flexibility index (Phi) is 6.24. The second kappa shape index (κ2) is 9.41. The maximum absolute atomic E-state index is 12.6. The summed E-state index contributed by atoms with van der Waals surface area (Å²) >= 11 is 0. The summed E-state index contributed by atoms with van der Waals surface area (Å²) in [6.07, 6.45) is 3.17. The average Bonchev–Trinajstić information content (AvgIpc) is 3.38. The number of carbonyl (C=O) groups excluding carboxylic acids is 1. The van der Waals surface area contributed by atoms with Crippen LogP contribution in [0.25, 0.3) is 0 Å². The standard InChI is InChI=1S/C26H26N4O/c1-30(25(31)21-19-28-29-20-21)18-17-27-26(22-11-5-2-6-12-22,23-13-7-3-8-14-23)24-15-9-4-10-16-24/h2-16,19-20,27H,17-18H2,1H3,(H,28,29). The SMILES string of the molecule is CN(CCNC(c1ccccc1)(c1ccccc1)c1ccccc1)C(=O)c1cn[nH]c1. The van der Waals surface area contributed by atoms with Gasteiger partial charge in [0.25, 0.3) is 5.91 Å². The molecule has 5 heteroatoms. The average molecular weight is 411 g/mol. The summed E-state index contributed by atoms with van der Waals surface area (Å²) < 4.78 is 0. The monoisotopic (exact) mass is 410 g/mol. The molecule has 2 N–H and O–H groups in total. The van der Waals surface area contributed by atoms with Crippen molar-refractivity contribution in [3.8, 4) is 0 Å². The Morgan fingerprint density at radius 1 is 0.871 bits per heavy atom. The van der Waals surface area contributed by atoms with Crippen LogP contribution >= 0.6 is 0 Å². The molecule has 5 nitrogen and oxygen atoms in total. The predicted molar refractivity (Wildman–Crippen MR) is 123 cm³/mol. The first kappa shape index (κ1) is 20.6. The van der Waals surface area contributed by atoms with Gasteiger partial charge in [-0.3, -0.25) is 15.2 Å². The van der Waals surface area contributed by atoms with Gasteiger partial charge in [-0.15, -0.1) is 0 Å². The van der Waals surface area contributed by atoms with Crippen molar-refractivity contribution in [2.24, 2.45) is 0 Å². The van der Waals surface area contributed by atoms with Crippen LogP contribution in [0.15, 0.2) is 103 Å². The second-order valence-corrected chi connectivity index (χ2v) is 7.49. The molecule has 0 bridgehead atoms. The zero-order valence-corrected chi connectivity index (χ0v) is 17.5. The van der Waals surface area contributed by atoms with Crippen LogP contribution in [0.4, 0.5) is 0 Å². The van der Waals surface area contributed by atoms with Crippen molar-refractivity contribution in [1.29, 1.82) is 0 Å². The molecule has 1 aromatic heterocycles. The molecule has 1 amide bonds. The van der Waals surface area contributed by atoms with Gasteiger partial charge < -0.3 is 4.90 Å². The summed E-state index contributed by atoms with van der Waals surface area (Å²) in [4.78, 5) is 14.3. The summed E-state index contributed by atoms with van der Waals surface area (Å²) in [5.41, 5.74) is 3.47. The molecule has 3 aromatic carbocycles. The Hall–Kier alpha value is -3.70. The van der Waals surface area contributed by atoms with Gasteiger partial charge in [-0.1, -0.05) is 91.0 Å². The maximum Gasteiger partial charge on any atom is 0.256 e. The minimum Gasteiger partial charge on any atom is -0.340 e. The molecule has 0 aliphatic carbocycles. The predicted octanol–water partition coefficient (Wildman–Crippen LogP) is 4.06. The lowest BCUT2D eigenvalue weighted by molar-refractivity contribution is 0.0794. The molecular weight excluding hydrogens is 384 g/mol. The van der Waals surface area contributed by atoms with Gasteiger partial charge in [0.2, 0.25) is 0 Å². The Bertz CT molecular complexity index is 984. The summed E-state index contributed by atoms with van der Waals surface area (Å²) in [5, 5.41) is 10.4. The van der Waals surface area contributed by atoms with Gasteiger partial charge in [0.15, 0.2) is 0 Å². The number of benzene rings is 3. The van der Waals surface area contributed by atoms with Crippen LogP contribution in [0.5, 0.6) is 0 Å². The normalized spacial score (nSPS) is 11.3. The van der Waals surface area contributed by atoms with Gasteiger partial charge in [0, 0.05) is 26.3 Å². The Balaban J connectivity index is 1.68. The van der Waals surface area contributed by atoms with Crippen molar-refractivity contribution in [1.82, 2.24) is 20.4 Å². The fourth-order valence-electron chi connectivity index (χ4n) is 3.97. The van der Waals surface area contributed by atoms with E-state index in [-0.39, 0.29) is 5.91 Å². The molecule has 31 heavy (non-hydrogen) atoms. The van der Waals surface area contributed by atoms with Gasteiger partial charge in [0.05, 0.1) is 17.3 Å². The van der Waals surface area contributed by atoms with Crippen molar-refractivity contribution >= 4 is 5.91 Å². The van der Waals surface area contributed by atoms with Gasteiger partial charge in [-0.25, -0.2) is 0 Å². The number of nitrogens with one attached hydrogen (secondary N) is 2. The van der Waals surface area contributed by atoms with E-state index in [1.165, 1.54) is 0 Å². The molecule has 156 valence electrons. The van der Waals surface area contributed by atoms with E-state index in [1.54, 1.807) is 17.3 Å². The maximum atomic E-state index is 12.6. The number of likely N-dealkylation sites (N-methyl/N-ethyl adjacent to an activating group) is 1. The third kappa shape index (κ3) is 4.27. The van der Waals surface area contributed by atoms with E-state index >= 15 is 0 Å². The van der Waals surface area contributed by atoms with Gasteiger partial charge in [-0.05, 0) is 16.7 Å². The van der Waals surface area contributed by atoms with Crippen molar-refractivity contribution in [3.63, 3.8) is 0 Å². The fraction of sp³-hybridized carbons (Fsp3) is 0.154. The largest absolute Gasteiger partial charge is 0.340 e. The molecule has 0 atom stereocenters. The molecule has 0 unspecified atom stereocenters. The minimum absolute atomic E-state index is 0.0553. The number of carbonyl (C=O) groups is 1. The molecule has 0 aliphatic heterocycles. The van der Waals surface area contributed by atoms with Crippen molar-refractivity contribution in [2.75, 3.05) is 20.1 Å². The lowest BCUT2D eigenvalue weighted by Gasteiger charge is -2.37. The third-order valence-corrected chi connectivity index (χ3v) is 5.55. The van der Waals surface area contributed by atoms with Crippen LogP contribution in [0, 0.1) is 0 Å². The molecule has 4 rings (SSSR count). The number of nitrogens with zero attached hydrogens (tertiary/aromatic N) is 2. The number of rotatable bonds is 8. The molecule has 0 spiro atoms. The van der Waals surface area contributed by atoms with Crippen molar-refractivity contribution in [2.45, 2.75) is 5.54 Å². The summed E-state index contributed by atoms with van der Waals surface area (Å²) in [5.74, 6) is -0.0553. The number of amides is 1. The summed E-state index contributed by atoms with van der Waals surface area (Å²) in [6.45, 7) is 1.16. The minimum atomic E-state index is -0.538. The van der Waals surface area contributed by atoms with Crippen LogP contribution in [0.3, 0.4) is 0 Å². The van der Waals surface area contributed by atoms with E-state index in [0.29, 0.717) is 18.7 Å². The molecule has 0 saturated carbocycles. The van der Waals surface area contributed by atoms with Crippen LogP contribution in [0.2, 0.25) is 0 Å². The van der Waals surface area contributed by atoms with Crippen molar-refractivity contribution < 1.29 is 4.79 Å². The molecule has 0 radical (unpaired) electrons. The number of aromatic nitrogens is 2. The molecule has 0 saturated heterocycles. The van der Waals surface area contributed by atoms with Crippen LogP contribution in [-0.2, 0) is 5.54 Å². The zero-order valence-electron chi connectivity index (χ0n) is 17.5. The number of hydrogen-bond donors (Lipinski definition) is 2. The molecule has 0 fully saturated rings. The second-order valence-electron chi connectivity index (χ2n) is 7.49. The number of aromatic amines is 1. The van der Waals surface area contributed by atoms with E-state index in [2.05, 4.69) is 88.3 Å². The van der Waals surface area contributed by atoms with Gasteiger partial charge in [0.1, 0.15) is 0 Å². The lowest BCUT2D eigenvalue weighted by Crippen LogP contribution is -2.47. The van der Waals surface area contributed by atoms with Crippen LogP contribution < -0.4 is 5.32 Å². The molecule has 0 aliphatic rings. The number of hydrogen-bond acceptors (Lipinski definition) is 3. The highest BCUT2D eigenvalue weighted by Gasteiger charge is 2.35. The number of H-pyrrole nitrogens is 1. The first-order valence-corrected chi connectivity index (χ1v) is 10.4. The Labute approximate surface area is 182 Å². The van der Waals surface area contributed by atoms with E-state index in [0.717, 1.165) is 16.7 Å². The smallest absolute Gasteiger partial charge is 0.256 e. The highest BCUT2D eigenvalue weighted by Crippen LogP contribution is 2.36. The topological polar surface area (TPSA) is 61.0 Å². The van der Waals surface area contributed by atoms with E-state index < -0.39 is 5.54 Å². The summed E-state index contributed by atoms with van der Waals surface area (Å²) in [7, 11) is 1.81. The van der Waals surface area contributed by atoms with Crippen molar-refractivity contribution in [3.05, 3.63) is 126 Å². The Morgan fingerprint density at radius 3 is 1.77 bits per heavy atom. The Morgan fingerprint density at radius 2 is 1.35 bits per heavy atom. The highest BCUT2D eigenvalue weighted by atomic mass is 16.2.